The minimum absolute atomic E-state index is 0.0284. The predicted molar refractivity (Wildman–Crippen MR) is 55.0 cm³/mol. The van der Waals surface area contributed by atoms with Crippen LogP contribution in [0, 0.1) is 10.1 Å². The second-order valence-electron chi connectivity index (χ2n) is 2.34. The first-order valence-corrected chi connectivity index (χ1v) is 4.73. The molecule has 1 aliphatic rings. The van der Waals surface area contributed by atoms with E-state index in [2.05, 4.69) is 27.4 Å². The second-order valence-corrected chi connectivity index (χ2v) is 3.62. The van der Waals surface area contributed by atoms with Crippen molar-refractivity contribution in [2.75, 3.05) is 0 Å². The number of amidine groups is 1. The molecule has 6 nitrogen and oxygen atoms in total. The van der Waals surface area contributed by atoms with Crippen LogP contribution in [0.3, 0.4) is 0 Å². The number of aliphatic imine (C=N–C) groups is 1. The van der Waals surface area contributed by atoms with Gasteiger partial charge in [-0.15, -0.1) is 21.6 Å². The number of rotatable bonds is 2. The van der Waals surface area contributed by atoms with Gasteiger partial charge >= 0.3 is 0 Å². The monoisotopic (exact) mass is 226 g/mol. The largest absolute Gasteiger partial charge is 0.280 e. The zero-order chi connectivity index (χ0) is 10.1. The Labute approximate surface area is 87.1 Å². The summed E-state index contributed by atoms with van der Waals surface area (Å²) in [5.74, 6) is 0.341. The molecule has 0 radical (unpaired) electrons. The highest BCUT2D eigenvalue weighted by atomic mass is 32.1. The number of thiocarbonyl (C=S) groups is 1. The minimum Gasteiger partial charge on any atom is -0.258 e. The molecule has 1 aliphatic heterocycles. The fourth-order valence-corrected chi connectivity index (χ4v) is 1.78. The lowest BCUT2D eigenvalue weighted by atomic mass is 10.4. The summed E-state index contributed by atoms with van der Waals surface area (Å²) in [5, 5.41) is 19.2. The lowest BCUT2D eigenvalue weighted by Crippen LogP contribution is -1.89. The van der Waals surface area contributed by atoms with E-state index in [0.29, 0.717) is 10.7 Å². The molecule has 14 heavy (non-hydrogen) atoms. The van der Waals surface area contributed by atoms with Crippen molar-refractivity contribution in [2.24, 2.45) is 15.2 Å². The van der Waals surface area contributed by atoms with Crippen molar-refractivity contribution >= 4 is 40.2 Å². The van der Waals surface area contributed by atoms with E-state index < -0.39 is 4.92 Å². The van der Waals surface area contributed by atoms with Crippen molar-refractivity contribution in [1.82, 2.24) is 0 Å². The normalized spacial score (nSPS) is 14.6. The van der Waals surface area contributed by atoms with Gasteiger partial charge in [0, 0.05) is 6.07 Å². The minimum atomic E-state index is -0.467. The quantitative estimate of drug-likeness (QED) is 0.440. The summed E-state index contributed by atoms with van der Waals surface area (Å²) < 4.78 is 0. The van der Waals surface area contributed by atoms with Crippen LogP contribution in [0.1, 0.15) is 4.88 Å². The van der Waals surface area contributed by atoms with Crippen molar-refractivity contribution in [3.05, 3.63) is 26.4 Å². The van der Waals surface area contributed by atoms with E-state index in [9.17, 15) is 10.1 Å². The number of thiophene rings is 1. The van der Waals surface area contributed by atoms with Crippen LogP contribution in [0.2, 0.25) is 0 Å². The topological polar surface area (TPSA) is 80.2 Å². The summed E-state index contributed by atoms with van der Waals surface area (Å²) in [6, 6.07) is 1.40. The van der Waals surface area contributed by atoms with Gasteiger partial charge in [-0.25, -0.2) is 0 Å². The third kappa shape index (κ3) is 1.56. The van der Waals surface area contributed by atoms with E-state index in [1.165, 1.54) is 22.8 Å². The molecule has 0 amide bonds. The lowest BCUT2D eigenvalue weighted by molar-refractivity contribution is -0.384. The standard InChI is InChI=1S/C6H2N4O2S2/c11-10(12)3-1-4(14-2-3)5-7-6(13)9-8-5/h1-2H. The summed E-state index contributed by atoms with van der Waals surface area (Å²) >= 11 is 5.87. The van der Waals surface area contributed by atoms with E-state index in [0.717, 1.165) is 0 Å². The van der Waals surface area contributed by atoms with E-state index in [1.54, 1.807) is 0 Å². The van der Waals surface area contributed by atoms with Crippen LogP contribution in [-0.2, 0) is 0 Å². The maximum absolute atomic E-state index is 10.4. The first-order chi connectivity index (χ1) is 6.66. The smallest absolute Gasteiger partial charge is 0.258 e. The second kappa shape index (κ2) is 3.31. The van der Waals surface area contributed by atoms with Crippen molar-refractivity contribution in [1.29, 1.82) is 0 Å². The van der Waals surface area contributed by atoms with Crippen LogP contribution >= 0.6 is 23.6 Å². The van der Waals surface area contributed by atoms with Gasteiger partial charge in [-0.1, -0.05) is 0 Å². The molecule has 1 aromatic heterocycles. The Hall–Kier alpha value is -1.54. The Morgan fingerprint density at radius 2 is 2.29 bits per heavy atom. The zero-order valence-corrected chi connectivity index (χ0v) is 8.21. The molecule has 0 saturated carbocycles. The third-order valence-electron chi connectivity index (χ3n) is 1.45. The average Bonchev–Trinajstić information content (AvgIpc) is 2.70. The number of azo groups is 1. The SMILES string of the molecule is O=[N+]([O-])c1csc(C2=NC(=S)N=N2)c1. The van der Waals surface area contributed by atoms with Gasteiger partial charge in [-0.05, 0) is 12.2 Å². The van der Waals surface area contributed by atoms with Crippen LogP contribution in [-0.4, -0.2) is 15.9 Å². The Morgan fingerprint density at radius 1 is 1.50 bits per heavy atom. The zero-order valence-electron chi connectivity index (χ0n) is 6.58. The molecular weight excluding hydrogens is 224 g/mol. The molecule has 0 spiro atoms. The van der Waals surface area contributed by atoms with Gasteiger partial charge in [-0.3, -0.25) is 10.1 Å². The van der Waals surface area contributed by atoms with Gasteiger partial charge in [0.1, 0.15) is 0 Å². The number of nitro groups is 1. The van der Waals surface area contributed by atoms with Gasteiger partial charge in [0.05, 0.1) is 15.2 Å². The van der Waals surface area contributed by atoms with Gasteiger partial charge in [0.15, 0.2) is 5.84 Å². The highest BCUT2D eigenvalue weighted by Gasteiger charge is 2.16. The molecule has 0 aliphatic carbocycles. The molecule has 1 aromatic rings. The van der Waals surface area contributed by atoms with Crippen molar-refractivity contribution in [3.63, 3.8) is 0 Å². The highest BCUT2D eigenvalue weighted by Crippen LogP contribution is 2.23. The van der Waals surface area contributed by atoms with Crippen LogP contribution in [0.25, 0.3) is 0 Å². The van der Waals surface area contributed by atoms with Gasteiger partial charge in [-0.2, -0.15) is 4.99 Å². The Bertz CT molecular complexity index is 476. The predicted octanol–water partition coefficient (Wildman–Crippen LogP) is 2.15. The molecule has 2 rings (SSSR count). The molecule has 2 heterocycles. The average molecular weight is 226 g/mol. The van der Waals surface area contributed by atoms with Crippen molar-refractivity contribution in [2.45, 2.75) is 0 Å². The van der Waals surface area contributed by atoms with Gasteiger partial charge < -0.3 is 0 Å². The van der Waals surface area contributed by atoms with E-state index in [1.807, 2.05) is 0 Å². The van der Waals surface area contributed by atoms with Crippen LogP contribution in [0.5, 0.6) is 0 Å². The molecule has 0 atom stereocenters. The summed E-state index contributed by atoms with van der Waals surface area (Å²) in [6.07, 6.45) is 0. The first-order valence-electron chi connectivity index (χ1n) is 3.44. The molecule has 0 saturated heterocycles. The Balaban J connectivity index is 2.35. The van der Waals surface area contributed by atoms with Gasteiger partial charge in [0.2, 0.25) is 5.11 Å². The summed E-state index contributed by atoms with van der Waals surface area (Å²) in [4.78, 5) is 14.4. The fraction of sp³-hybridized carbons (Fsp3) is 0. The Morgan fingerprint density at radius 3 is 2.79 bits per heavy atom. The molecule has 0 unspecified atom stereocenters. The first kappa shape index (κ1) is 9.03. The molecule has 70 valence electrons. The van der Waals surface area contributed by atoms with Crippen molar-refractivity contribution < 1.29 is 4.92 Å². The van der Waals surface area contributed by atoms with Crippen molar-refractivity contribution in [3.8, 4) is 0 Å². The highest BCUT2D eigenvalue weighted by molar-refractivity contribution is 7.80. The Kier molecular flexibility index (Phi) is 2.14. The molecule has 0 bridgehead atoms. The number of nitrogens with zero attached hydrogens (tertiary/aromatic N) is 4. The molecular formula is C6H2N4O2S2. The van der Waals surface area contributed by atoms with Crippen LogP contribution in [0.4, 0.5) is 5.69 Å². The van der Waals surface area contributed by atoms with E-state index in [-0.39, 0.29) is 10.8 Å². The van der Waals surface area contributed by atoms with Crippen LogP contribution in [0.15, 0.2) is 26.7 Å². The summed E-state index contributed by atoms with van der Waals surface area (Å²) in [6.45, 7) is 0. The fourth-order valence-electron chi connectivity index (χ4n) is 0.869. The molecule has 0 aromatic carbocycles. The molecule has 8 heteroatoms. The molecule has 0 N–H and O–H groups in total. The van der Waals surface area contributed by atoms with E-state index >= 15 is 0 Å². The van der Waals surface area contributed by atoms with E-state index in [4.69, 9.17) is 0 Å². The number of hydrogen-bond donors (Lipinski definition) is 0. The summed E-state index contributed by atoms with van der Waals surface area (Å²) in [5.41, 5.74) is 0.0284. The maximum Gasteiger partial charge on any atom is 0.280 e. The van der Waals surface area contributed by atoms with Gasteiger partial charge in [0.25, 0.3) is 5.69 Å². The number of hydrogen-bond acceptors (Lipinski definition) is 5. The maximum atomic E-state index is 10.4. The summed E-state index contributed by atoms with van der Waals surface area (Å²) in [7, 11) is 0. The lowest BCUT2D eigenvalue weighted by Gasteiger charge is -1.84. The van der Waals surface area contributed by atoms with Crippen LogP contribution < -0.4 is 0 Å². The molecule has 0 fully saturated rings. The third-order valence-corrected chi connectivity index (χ3v) is 2.54.